The van der Waals surface area contributed by atoms with Gasteiger partial charge in [0.15, 0.2) is 0 Å². The van der Waals surface area contributed by atoms with Crippen molar-refractivity contribution in [2.75, 3.05) is 19.6 Å². The second kappa shape index (κ2) is 12.8. The summed E-state index contributed by atoms with van der Waals surface area (Å²) in [6, 6.07) is 13.7. The highest BCUT2D eigenvalue weighted by Crippen LogP contribution is 2.37. The quantitative estimate of drug-likeness (QED) is 0.332. The first kappa shape index (κ1) is 31.9. The summed E-state index contributed by atoms with van der Waals surface area (Å²) >= 11 is 0. The van der Waals surface area contributed by atoms with Gasteiger partial charge < -0.3 is 9.80 Å². The van der Waals surface area contributed by atoms with Crippen molar-refractivity contribution in [3.05, 3.63) is 98.2 Å². The fourth-order valence-corrected chi connectivity index (χ4v) is 6.19. The Morgan fingerprint density at radius 3 is 2.40 bits per heavy atom. The van der Waals surface area contributed by atoms with E-state index in [4.69, 9.17) is 0 Å². The summed E-state index contributed by atoms with van der Waals surface area (Å²) in [5.74, 6) is -4.10. The largest absolute Gasteiger partial charge is 0.498 e. The lowest BCUT2D eigenvalue weighted by Gasteiger charge is -2.44. The monoisotopic (exact) mass is 629 g/mol. The van der Waals surface area contributed by atoms with E-state index >= 15 is 4.39 Å². The van der Waals surface area contributed by atoms with Gasteiger partial charge in [-0.25, -0.2) is 9.18 Å². The Labute approximate surface area is 256 Å². The van der Waals surface area contributed by atoms with Gasteiger partial charge in [0.25, 0.3) is 11.6 Å². The average Bonchev–Trinajstić information content (AvgIpc) is 3.02. The standard InChI is InChI=1S/C32H32F4N4O5/c1-19-20(2)29(42)37-40(45-31(44)32(34,35)36)27(19)17-21-12-13-25(33)24(16-21)30(43)38-14-15-39(28(41)18-38)26-11-7-6-10-23(26)22-8-4-3-5-9-22/h3-5,8-9,12-13,16,23,26H,6-7,10-11,14-15,17-18H2,1-2H3/p+1. The van der Waals surface area contributed by atoms with Crippen molar-refractivity contribution in [2.45, 2.75) is 64.1 Å². The molecule has 1 aromatic heterocycles. The van der Waals surface area contributed by atoms with E-state index in [-0.39, 0.29) is 59.8 Å². The molecule has 1 saturated carbocycles. The SMILES string of the molecule is Cc1c(C)c(=O)[nH][n+](OC(=O)C(F)(F)F)c1Cc1ccc(F)c(C(=O)N2CCN(C3CCCCC3c3ccccc3)C(=O)C2)c1. The van der Waals surface area contributed by atoms with E-state index in [1.807, 2.05) is 23.1 Å². The molecule has 1 saturated heterocycles. The molecule has 0 radical (unpaired) electrons. The van der Waals surface area contributed by atoms with E-state index in [1.54, 1.807) is 0 Å². The molecule has 1 aliphatic carbocycles. The van der Waals surface area contributed by atoms with Crippen LogP contribution in [0.1, 0.15) is 69.9 Å². The maximum absolute atomic E-state index is 15.0. The minimum Gasteiger partial charge on any atom is -0.336 e. The summed E-state index contributed by atoms with van der Waals surface area (Å²) in [5.41, 5.74) is 0.785. The molecule has 3 aromatic rings. The molecule has 13 heteroatoms. The summed E-state index contributed by atoms with van der Waals surface area (Å²) in [4.78, 5) is 58.5. The Hall–Kier alpha value is -4.55. The number of halogens is 4. The number of aromatic amines is 1. The van der Waals surface area contributed by atoms with Gasteiger partial charge in [-0.05, 0) is 49.9 Å². The van der Waals surface area contributed by atoms with Gasteiger partial charge in [0.2, 0.25) is 5.91 Å². The lowest BCUT2D eigenvalue weighted by atomic mass is 9.79. The fraction of sp³-hybridized carbons (Fsp3) is 0.406. The van der Waals surface area contributed by atoms with Crippen LogP contribution in [-0.2, 0) is 16.0 Å². The number of amides is 2. The topological polar surface area (TPSA) is 104 Å². The molecule has 9 nitrogen and oxygen atoms in total. The van der Waals surface area contributed by atoms with Gasteiger partial charge in [-0.3, -0.25) is 14.4 Å². The molecular formula is C32H33F4N4O5+. The number of hydrogen-bond acceptors (Lipinski definition) is 5. The minimum absolute atomic E-state index is 0.00752. The van der Waals surface area contributed by atoms with Crippen LogP contribution in [0.2, 0.25) is 0 Å². The van der Waals surface area contributed by atoms with Crippen LogP contribution in [0.4, 0.5) is 17.6 Å². The van der Waals surface area contributed by atoms with Gasteiger partial charge in [-0.2, -0.15) is 18.0 Å². The van der Waals surface area contributed by atoms with E-state index in [1.165, 1.54) is 36.4 Å². The van der Waals surface area contributed by atoms with E-state index < -0.39 is 29.4 Å². The van der Waals surface area contributed by atoms with Gasteiger partial charge in [-0.15, -0.1) is 0 Å². The maximum atomic E-state index is 15.0. The fourth-order valence-electron chi connectivity index (χ4n) is 6.19. The van der Waals surface area contributed by atoms with Crippen LogP contribution in [0.5, 0.6) is 0 Å². The number of nitrogens with one attached hydrogen (secondary N) is 1. The number of alkyl halides is 3. The zero-order chi connectivity index (χ0) is 32.5. The molecule has 2 heterocycles. The summed E-state index contributed by atoms with van der Waals surface area (Å²) in [6.07, 6.45) is -1.65. The van der Waals surface area contributed by atoms with E-state index in [2.05, 4.69) is 22.1 Å². The van der Waals surface area contributed by atoms with Gasteiger partial charge in [0.05, 0.1) is 12.0 Å². The van der Waals surface area contributed by atoms with Crippen molar-refractivity contribution < 1.29 is 41.6 Å². The normalized spacial score (nSPS) is 19.0. The van der Waals surface area contributed by atoms with Crippen LogP contribution in [0.25, 0.3) is 0 Å². The van der Waals surface area contributed by atoms with Gasteiger partial charge in [0.1, 0.15) is 17.2 Å². The van der Waals surface area contributed by atoms with Crippen LogP contribution in [0.15, 0.2) is 53.3 Å². The smallest absolute Gasteiger partial charge is 0.336 e. The molecule has 5 rings (SSSR count). The third-order valence-electron chi connectivity index (χ3n) is 8.72. The van der Waals surface area contributed by atoms with Gasteiger partial charge in [0, 0.05) is 36.2 Å². The molecule has 2 aliphatic rings. The number of piperazine rings is 1. The molecule has 0 bridgehead atoms. The Morgan fingerprint density at radius 2 is 1.71 bits per heavy atom. The predicted molar refractivity (Wildman–Crippen MR) is 153 cm³/mol. The number of hydrogen-bond donors (Lipinski definition) is 1. The molecule has 2 fully saturated rings. The van der Waals surface area contributed by atoms with Crippen LogP contribution in [0.3, 0.4) is 0 Å². The highest BCUT2D eigenvalue weighted by molar-refractivity contribution is 5.97. The minimum atomic E-state index is -5.32. The molecule has 1 N–H and O–H groups in total. The second-order valence-corrected chi connectivity index (χ2v) is 11.5. The number of rotatable bonds is 6. The number of benzene rings is 2. The first-order chi connectivity index (χ1) is 21.3. The van der Waals surface area contributed by atoms with E-state index in [9.17, 15) is 32.3 Å². The van der Waals surface area contributed by atoms with Crippen molar-refractivity contribution in [1.82, 2.24) is 14.9 Å². The van der Waals surface area contributed by atoms with Crippen molar-refractivity contribution in [1.29, 1.82) is 0 Å². The number of carbonyl (C=O) groups is 3. The second-order valence-electron chi connectivity index (χ2n) is 11.5. The molecule has 2 atom stereocenters. The first-order valence-electron chi connectivity index (χ1n) is 14.7. The summed E-state index contributed by atoms with van der Waals surface area (Å²) in [7, 11) is 0. The van der Waals surface area contributed by atoms with Crippen LogP contribution in [-0.4, -0.2) is 64.5 Å². The zero-order valence-corrected chi connectivity index (χ0v) is 24.8. The molecule has 2 aromatic carbocycles. The molecule has 2 amide bonds. The highest BCUT2D eigenvalue weighted by Gasteiger charge is 2.46. The van der Waals surface area contributed by atoms with E-state index in [0.29, 0.717) is 17.0 Å². The van der Waals surface area contributed by atoms with Crippen LogP contribution < -0.4 is 15.2 Å². The number of H-pyrrole nitrogens is 1. The number of aromatic nitrogens is 2. The van der Waals surface area contributed by atoms with Crippen molar-refractivity contribution in [3.63, 3.8) is 0 Å². The summed E-state index contributed by atoms with van der Waals surface area (Å²) in [5, 5.41) is 2.08. The Balaban J connectivity index is 1.35. The van der Waals surface area contributed by atoms with Crippen LogP contribution >= 0.6 is 0 Å². The van der Waals surface area contributed by atoms with Crippen molar-refractivity contribution in [3.8, 4) is 0 Å². The molecule has 2 unspecified atom stereocenters. The van der Waals surface area contributed by atoms with Crippen LogP contribution in [0, 0.1) is 19.7 Å². The molecule has 1 aliphatic heterocycles. The average molecular weight is 630 g/mol. The van der Waals surface area contributed by atoms with Gasteiger partial charge in [-0.1, -0.05) is 54.3 Å². The molecular weight excluding hydrogens is 596 g/mol. The highest BCUT2D eigenvalue weighted by atomic mass is 19.4. The zero-order valence-electron chi connectivity index (χ0n) is 24.8. The molecule has 45 heavy (non-hydrogen) atoms. The first-order valence-corrected chi connectivity index (χ1v) is 14.7. The third kappa shape index (κ3) is 6.76. The number of carbonyl (C=O) groups excluding carboxylic acids is 3. The summed E-state index contributed by atoms with van der Waals surface area (Å²) < 4.78 is 53.7. The summed E-state index contributed by atoms with van der Waals surface area (Å²) in [6.45, 7) is 3.21. The lowest BCUT2D eigenvalue weighted by Crippen LogP contribution is -2.58. The van der Waals surface area contributed by atoms with E-state index in [0.717, 1.165) is 31.7 Å². The van der Waals surface area contributed by atoms with Gasteiger partial charge >= 0.3 is 17.7 Å². The lowest BCUT2D eigenvalue weighted by molar-refractivity contribution is -0.921. The maximum Gasteiger partial charge on any atom is 0.498 e. The van der Waals surface area contributed by atoms with Crippen molar-refractivity contribution in [2.24, 2.45) is 0 Å². The predicted octanol–water partition coefficient (Wildman–Crippen LogP) is 3.54. The Kier molecular flexibility index (Phi) is 9.08. The third-order valence-corrected chi connectivity index (χ3v) is 8.72. The molecule has 238 valence electrons. The van der Waals surface area contributed by atoms with Crippen molar-refractivity contribution >= 4 is 17.8 Å². The Morgan fingerprint density at radius 1 is 1.00 bits per heavy atom. The molecule has 0 spiro atoms. The Bertz CT molecular complexity index is 1670. The number of nitrogens with zero attached hydrogens (tertiary/aromatic N) is 3.